The summed E-state index contributed by atoms with van der Waals surface area (Å²) in [4.78, 5) is 9.56. The number of halogens is 1. The van der Waals surface area contributed by atoms with Crippen molar-refractivity contribution in [2.24, 2.45) is 0 Å². The number of benzene rings is 2. The van der Waals surface area contributed by atoms with Crippen LogP contribution >= 0.6 is 11.6 Å². The normalized spacial score (nSPS) is 11.6. The quantitative estimate of drug-likeness (QED) is 0.412. The van der Waals surface area contributed by atoms with Crippen molar-refractivity contribution >= 4 is 28.3 Å². The molecule has 6 heteroatoms. The molecule has 0 fully saturated rings. The van der Waals surface area contributed by atoms with Gasteiger partial charge in [0.05, 0.1) is 11.1 Å². The van der Waals surface area contributed by atoms with E-state index < -0.39 is 0 Å². The Morgan fingerprint density at radius 1 is 0.893 bits per heavy atom. The highest BCUT2D eigenvalue weighted by Gasteiger charge is 2.19. The summed E-state index contributed by atoms with van der Waals surface area (Å²) in [7, 11) is 0. The molecule has 0 saturated carbocycles. The van der Waals surface area contributed by atoms with Crippen LogP contribution in [-0.4, -0.2) is 24.1 Å². The minimum absolute atomic E-state index is 0.659. The zero-order valence-corrected chi connectivity index (χ0v) is 16.6. The molecule has 0 aliphatic carbocycles. The summed E-state index contributed by atoms with van der Waals surface area (Å²) in [5.41, 5.74) is 7.27. The van der Waals surface area contributed by atoms with Crippen LogP contribution in [0.3, 0.4) is 0 Å². The molecule has 0 atom stereocenters. The highest BCUT2D eigenvalue weighted by Crippen LogP contribution is 2.31. The molecule has 138 valence electrons. The molecule has 2 aromatic carbocycles. The number of para-hydroxylation sites is 1. The first-order chi connectivity index (χ1) is 13.5. The number of nitrogens with zero attached hydrogens (tertiary/aromatic N) is 5. The van der Waals surface area contributed by atoms with Gasteiger partial charge in [-0.05, 0) is 62.2 Å². The molecule has 0 saturated heterocycles. The van der Waals surface area contributed by atoms with Gasteiger partial charge >= 0.3 is 0 Å². The summed E-state index contributed by atoms with van der Waals surface area (Å²) in [6, 6.07) is 15.9. The van der Waals surface area contributed by atoms with E-state index in [0.717, 1.165) is 39.2 Å². The van der Waals surface area contributed by atoms with Crippen LogP contribution in [-0.2, 0) is 0 Å². The fraction of sp³-hybridized carbons (Fsp3) is 0.136. The highest BCUT2D eigenvalue weighted by atomic mass is 35.5. The number of fused-ring (bicyclic) bond motifs is 3. The number of aromatic nitrogens is 5. The lowest BCUT2D eigenvalue weighted by molar-refractivity contribution is 0.925. The van der Waals surface area contributed by atoms with Crippen molar-refractivity contribution in [2.75, 3.05) is 0 Å². The third-order valence-electron chi connectivity index (χ3n) is 5.29. The molecule has 0 spiro atoms. The number of hydrogen-bond donors (Lipinski definition) is 0. The van der Waals surface area contributed by atoms with Crippen molar-refractivity contribution in [1.29, 1.82) is 0 Å². The van der Waals surface area contributed by atoms with Gasteiger partial charge < -0.3 is 0 Å². The first-order valence-electron chi connectivity index (χ1n) is 9.09. The lowest BCUT2D eigenvalue weighted by Gasteiger charge is -2.10. The minimum Gasteiger partial charge on any atom is -0.298 e. The van der Waals surface area contributed by atoms with E-state index in [9.17, 15) is 0 Å². The van der Waals surface area contributed by atoms with E-state index in [0.29, 0.717) is 10.8 Å². The van der Waals surface area contributed by atoms with Crippen LogP contribution in [0.1, 0.15) is 16.8 Å². The predicted molar refractivity (Wildman–Crippen MR) is 112 cm³/mol. The molecule has 0 N–H and O–H groups in total. The van der Waals surface area contributed by atoms with Crippen LogP contribution in [0.5, 0.6) is 0 Å². The zero-order valence-electron chi connectivity index (χ0n) is 15.8. The Kier molecular flexibility index (Phi) is 3.74. The molecule has 0 unspecified atom stereocenters. The van der Waals surface area contributed by atoms with Crippen LogP contribution in [0, 0.1) is 20.8 Å². The van der Waals surface area contributed by atoms with Gasteiger partial charge in [-0.25, -0.2) is 14.5 Å². The maximum Gasteiger partial charge on any atom is 0.182 e. The van der Waals surface area contributed by atoms with E-state index in [4.69, 9.17) is 21.6 Å². The summed E-state index contributed by atoms with van der Waals surface area (Å²) in [6.07, 6.45) is 1.73. The Morgan fingerprint density at radius 3 is 2.39 bits per heavy atom. The van der Waals surface area contributed by atoms with Crippen molar-refractivity contribution in [3.63, 3.8) is 0 Å². The molecule has 0 aliphatic rings. The second kappa shape index (κ2) is 6.17. The van der Waals surface area contributed by atoms with E-state index >= 15 is 0 Å². The van der Waals surface area contributed by atoms with Crippen molar-refractivity contribution in [1.82, 2.24) is 24.1 Å². The fourth-order valence-corrected chi connectivity index (χ4v) is 3.82. The van der Waals surface area contributed by atoms with E-state index in [2.05, 4.69) is 54.7 Å². The van der Waals surface area contributed by atoms with E-state index in [1.54, 1.807) is 10.8 Å². The lowest BCUT2D eigenvalue weighted by atomic mass is 10.2. The molecule has 28 heavy (non-hydrogen) atoms. The monoisotopic (exact) mass is 387 g/mol. The van der Waals surface area contributed by atoms with Crippen LogP contribution in [0.2, 0.25) is 5.02 Å². The molecule has 0 bridgehead atoms. The van der Waals surface area contributed by atoms with Crippen LogP contribution in [0.25, 0.3) is 33.8 Å². The van der Waals surface area contributed by atoms with Gasteiger partial charge in [0.1, 0.15) is 6.33 Å². The first-order valence-corrected chi connectivity index (χ1v) is 9.47. The molecule has 0 radical (unpaired) electrons. The number of rotatable bonds is 2. The summed E-state index contributed by atoms with van der Waals surface area (Å²) in [5.74, 6) is 0.659. The molecule has 5 nitrogen and oxygen atoms in total. The first kappa shape index (κ1) is 17.0. The van der Waals surface area contributed by atoms with Gasteiger partial charge in [0, 0.05) is 16.3 Å². The van der Waals surface area contributed by atoms with Gasteiger partial charge in [0.2, 0.25) is 0 Å². The Hall–Kier alpha value is -3.18. The highest BCUT2D eigenvalue weighted by molar-refractivity contribution is 6.30. The standard InChI is InChI=1S/C22H18ClN5/c1-13-6-4-5-7-18(13)28-15(3)14(2)19-21(28)24-12-27-22(19)25-20(26-27)16-8-10-17(23)11-9-16/h4-12H,1-3H3. The second-order valence-corrected chi connectivity index (χ2v) is 7.42. The Bertz CT molecular complexity index is 1350. The molecule has 0 aliphatic heterocycles. The maximum absolute atomic E-state index is 6.01. The summed E-state index contributed by atoms with van der Waals surface area (Å²) in [6.45, 7) is 6.35. The Labute approximate surface area is 167 Å². The SMILES string of the molecule is Cc1ccccc1-n1c(C)c(C)c2c1ncn1nc(-c3ccc(Cl)cc3)nc21. The van der Waals surface area contributed by atoms with Gasteiger partial charge in [0.25, 0.3) is 0 Å². The van der Waals surface area contributed by atoms with Crippen molar-refractivity contribution in [2.45, 2.75) is 20.8 Å². The second-order valence-electron chi connectivity index (χ2n) is 6.99. The van der Waals surface area contributed by atoms with Gasteiger partial charge in [0.15, 0.2) is 17.1 Å². The largest absolute Gasteiger partial charge is 0.298 e. The smallest absolute Gasteiger partial charge is 0.182 e. The molecule has 0 amide bonds. The van der Waals surface area contributed by atoms with Crippen molar-refractivity contribution < 1.29 is 0 Å². The van der Waals surface area contributed by atoms with Crippen molar-refractivity contribution in [3.8, 4) is 17.1 Å². The third-order valence-corrected chi connectivity index (χ3v) is 5.54. The molecular weight excluding hydrogens is 370 g/mol. The number of aryl methyl sites for hydroxylation is 2. The Morgan fingerprint density at radius 2 is 1.64 bits per heavy atom. The Balaban J connectivity index is 1.80. The molecule has 5 rings (SSSR count). The third kappa shape index (κ3) is 2.43. The van der Waals surface area contributed by atoms with Crippen molar-refractivity contribution in [3.05, 3.63) is 76.7 Å². The van der Waals surface area contributed by atoms with E-state index in [1.807, 2.05) is 24.3 Å². The number of hydrogen-bond acceptors (Lipinski definition) is 3. The maximum atomic E-state index is 6.01. The zero-order chi connectivity index (χ0) is 19.4. The topological polar surface area (TPSA) is 48.0 Å². The fourth-order valence-electron chi connectivity index (χ4n) is 3.69. The molecule has 3 heterocycles. The summed E-state index contributed by atoms with van der Waals surface area (Å²) >= 11 is 6.01. The van der Waals surface area contributed by atoms with Gasteiger partial charge in [-0.1, -0.05) is 29.8 Å². The lowest BCUT2D eigenvalue weighted by Crippen LogP contribution is -2.01. The van der Waals surface area contributed by atoms with E-state index in [-0.39, 0.29) is 0 Å². The van der Waals surface area contributed by atoms with Crippen LogP contribution in [0.4, 0.5) is 0 Å². The summed E-state index contributed by atoms with van der Waals surface area (Å²) < 4.78 is 3.96. The summed E-state index contributed by atoms with van der Waals surface area (Å²) in [5, 5.41) is 6.34. The average molecular weight is 388 g/mol. The van der Waals surface area contributed by atoms with Crippen LogP contribution < -0.4 is 0 Å². The van der Waals surface area contributed by atoms with Crippen LogP contribution in [0.15, 0.2) is 54.9 Å². The van der Waals surface area contributed by atoms with Gasteiger partial charge in [-0.3, -0.25) is 4.57 Å². The molecule has 3 aromatic heterocycles. The van der Waals surface area contributed by atoms with E-state index in [1.165, 1.54) is 5.56 Å². The molecule has 5 aromatic rings. The minimum atomic E-state index is 0.659. The average Bonchev–Trinajstić information content (AvgIpc) is 3.23. The molecular formula is C22H18ClN5. The predicted octanol–water partition coefficient (Wildman–Crippen LogP) is 5.31. The van der Waals surface area contributed by atoms with Gasteiger partial charge in [-0.15, -0.1) is 5.10 Å². The van der Waals surface area contributed by atoms with Gasteiger partial charge in [-0.2, -0.15) is 0 Å².